The summed E-state index contributed by atoms with van der Waals surface area (Å²) in [5.41, 5.74) is 10.4. The largest absolute Gasteiger partial charge is 0.508 e. The summed E-state index contributed by atoms with van der Waals surface area (Å²) in [6, 6.07) is 8.71. The Morgan fingerprint density at radius 1 is 1.00 bits per heavy atom. The third-order valence-corrected chi connectivity index (χ3v) is 1.54. The Kier molecular flexibility index (Phi) is 7.18. The molecule has 7 heteroatoms. The number of nitrogens with zero attached hydrogens (tertiary/aromatic N) is 3. The molecule has 2 aromatic rings. The number of aromatic hydroxyl groups is 1. The van der Waals surface area contributed by atoms with E-state index < -0.39 is 0 Å². The molecule has 1 heterocycles. The monoisotopic (exact) mass is 249 g/mol. The van der Waals surface area contributed by atoms with E-state index in [9.17, 15) is 0 Å². The van der Waals surface area contributed by atoms with E-state index >= 15 is 0 Å². The second-order valence-corrected chi connectivity index (χ2v) is 2.93. The second-order valence-electron chi connectivity index (χ2n) is 2.93. The molecule has 0 aliphatic rings. The Labute approximate surface area is 105 Å². The number of nitrogens with two attached hydrogens (primary N) is 2. The number of phenolic OH excluding ortho intramolecular Hbond substituents is 1. The van der Waals surface area contributed by atoms with Gasteiger partial charge in [-0.3, -0.25) is 0 Å². The number of carbonyl (C=O) groups is 1. The highest BCUT2D eigenvalue weighted by Crippen LogP contribution is 2.02. The molecule has 18 heavy (non-hydrogen) atoms. The fraction of sp³-hybridized carbons (Fsp3) is 0.0909. The zero-order valence-electron chi connectivity index (χ0n) is 9.95. The SMILES string of the molecule is C=O.Cc1nc(N)nc(N)n1.Oc1ccccc1. The number of benzene rings is 1. The summed E-state index contributed by atoms with van der Waals surface area (Å²) >= 11 is 0. The van der Waals surface area contributed by atoms with Gasteiger partial charge in [0.15, 0.2) is 0 Å². The maximum absolute atomic E-state index is 8.63. The zero-order chi connectivity index (χ0) is 14.0. The van der Waals surface area contributed by atoms with Crippen molar-refractivity contribution in [2.75, 3.05) is 11.5 Å². The van der Waals surface area contributed by atoms with E-state index in [1.165, 1.54) is 0 Å². The van der Waals surface area contributed by atoms with E-state index in [4.69, 9.17) is 21.4 Å². The fourth-order valence-corrected chi connectivity index (χ4v) is 0.952. The van der Waals surface area contributed by atoms with Crippen LogP contribution in [0.4, 0.5) is 11.9 Å². The quantitative estimate of drug-likeness (QED) is 0.621. The molecule has 0 aliphatic carbocycles. The lowest BCUT2D eigenvalue weighted by Crippen LogP contribution is -2.03. The number of hydrogen-bond acceptors (Lipinski definition) is 7. The first-order valence-electron chi connectivity index (χ1n) is 4.84. The third kappa shape index (κ3) is 6.72. The van der Waals surface area contributed by atoms with Gasteiger partial charge in [0, 0.05) is 0 Å². The highest BCUT2D eigenvalue weighted by atomic mass is 16.3. The van der Waals surface area contributed by atoms with Crippen molar-refractivity contribution in [3.8, 4) is 5.75 Å². The molecule has 0 unspecified atom stereocenters. The minimum atomic E-state index is 0.167. The van der Waals surface area contributed by atoms with Crippen molar-refractivity contribution in [2.24, 2.45) is 0 Å². The summed E-state index contributed by atoms with van der Waals surface area (Å²) in [7, 11) is 0. The number of para-hydroxylation sites is 1. The van der Waals surface area contributed by atoms with Crippen molar-refractivity contribution in [1.82, 2.24) is 15.0 Å². The van der Waals surface area contributed by atoms with Crippen LogP contribution in [0.15, 0.2) is 30.3 Å². The number of aryl methyl sites for hydroxylation is 1. The van der Waals surface area contributed by atoms with Gasteiger partial charge in [-0.25, -0.2) is 0 Å². The van der Waals surface area contributed by atoms with E-state index in [2.05, 4.69) is 15.0 Å². The smallest absolute Gasteiger partial charge is 0.225 e. The highest BCUT2D eigenvalue weighted by Gasteiger charge is 1.93. The average Bonchev–Trinajstić information content (AvgIpc) is 2.31. The van der Waals surface area contributed by atoms with Gasteiger partial charge in [0.1, 0.15) is 18.4 Å². The van der Waals surface area contributed by atoms with Crippen molar-refractivity contribution < 1.29 is 9.90 Å². The summed E-state index contributed by atoms with van der Waals surface area (Å²) < 4.78 is 0. The van der Waals surface area contributed by atoms with Gasteiger partial charge in [0.05, 0.1) is 0 Å². The summed E-state index contributed by atoms with van der Waals surface area (Å²) in [6.45, 7) is 3.70. The van der Waals surface area contributed by atoms with Gasteiger partial charge in [0.25, 0.3) is 0 Å². The van der Waals surface area contributed by atoms with Crippen LogP contribution in [-0.4, -0.2) is 26.8 Å². The van der Waals surface area contributed by atoms with Crippen LogP contribution in [-0.2, 0) is 4.79 Å². The molecular weight excluding hydrogens is 234 g/mol. The van der Waals surface area contributed by atoms with Crippen molar-refractivity contribution >= 4 is 18.7 Å². The second kappa shape index (κ2) is 8.45. The molecule has 96 valence electrons. The predicted octanol–water partition coefficient (Wildman–Crippen LogP) is 0.552. The van der Waals surface area contributed by atoms with Gasteiger partial charge in [0.2, 0.25) is 11.9 Å². The number of phenols is 1. The molecule has 0 fully saturated rings. The van der Waals surface area contributed by atoms with Crippen LogP contribution >= 0.6 is 0 Å². The molecular formula is C11H15N5O2. The van der Waals surface area contributed by atoms with Gasteiger partial charge in [-0.2, -0.15) is 15.0 Å². The first kappa shape index (κ1) is 15.3. The molecule has 0 aliphatic heterocycles. The molecule has 0 radical (unpaired) electrons. The summed E-state index contributed by atoms with van der Waals surface area (Å²) in [5, 5.41) is 8.63. The van der Waals surface area contributed by atoms with Crippen LogP contribution in [0.25, 0.3) is 0 Å². The van der Waals surface area contributed by atoms with Gasteiger partial charge >= 0.3 is 0 Å². The van der Waals surface area contributed by atoms with Crippen molar-refractivity contribution in [1.29, 1.82) is 0 Å². The van der Waals surface area contributed by atoms with Crippen molar-refractivity contribution in [2.45, 2.75) is 6.92 Å². The van der Waals surface area contributed by atoms with E-state index in [0.717, 1.165) is 0 Å². The molecule has 1 aromatic carbocycles. The lowest BCUT2D eigenvalue weighted by molar-refractivity contribution is -0.0979. The van der Waals surface area contributed by atoms with Gasteiger partial charge in [-0.1, -0.05) is 18.2 Å². The number of carbonyl (C=O) groups excluding carboxylic acids is 1. The zero-order valence-corrected chi connectivity index (χ0v) is 9.95. The molecule has 2 rings (SSSR count). The number of anilines is 2. The van der Waals surface area contributed by atoms with E-state index in [1.54, 1.807) is 31.2 Å². The normalized spacial score (nSPS) is 8.28. The molecule has 0 spiro atoms. The van der Waals surface area contributed by atoms with Crippen LogP contribution in [0.1, 0.15) is 5.82 Å². The highest BCUT2D eigenvalue weighted by molar-refractivity contribution is 5.25. The Balaban J connectivity index is 0.000000289. The predicted molar refractivity (Wildman–Crippen MR) is 68.6 cm³/mol. The Bertz CT molecular complexity index is 414. The van der Waals surface area contributed by atoms with E-state index in [0.29, 0.717) is 11.6 Å². The summed E-state index contributed by atoms with van der Waals surface area (Å²) in [5.74, 6) is 1.20. The number of nitrogen functional groups attached to an aromatic ring is 2. The standard InChI is InChI=1S/C6H6O.C4H7N5.CH2O/c7-6-4-2-1-3-5-6;1-2-7-3(5)9-4(6)8-2;1-2/h1-5,7H;1H3,(H4,5,6,7,8,9);1H2. The lowest BCUT2D eigenvalue weighted by atomic mass is 10.3. The minimum Gasteiger partial charge on any atom is -0.508 e. The van der Waals surface area contributed by atoms with Crippen LogP contribution in [0, 0.1) is 6.92 Å². The number of rotatable bonds is 0. The molecule has 0 saturated carbocycles. The minimum absolute atomic E-state index is 0.167. The molecule has 5 N–H and O–H groups in total. The average molecular weight is 249 g/mol. The van der Waals surface area contributed by atoms with Crippen LogP contribution < -0.4 is 11.5 Å². The summed E-state index contributed by atoms with van der Waals surface area (Å²) in [4.78, 5) is 19.0. The maximum atomic E-state index is 8.63. The molecule has 0 amide bonds. The summed E-state index contributed by atoms with van der Waals surface area (Å²) in [6.07, 6.45) is 0. The Morgan fingerprint density at radius 2 is 1.44 bits per heavy atom. The topological polar surface area (TPSA) is 128 Å². The fourth-order valence-electron chi connectivity index (χ4n) is 0.952. The molecule has 0 saturated heterocycles. The van der Waals surface area contributed by atoms with Crippen LogP contribution in [0.5, 0.6) is 5.75 Å². The Morgan fingerprint density at radius 3 is 1.72 bits per heavy atom. The van der Waals surface area contributed by atoms with Crippen LogP contribution in [0.3, 0.4) is 0 Å². The number of aromatic nitrogens is 3. The van der Waals surface area contributed by atoms with Crippen molar-refractivity contribution in [3.05, 3.63) is 36.2 Å². The van der Waals surface area contributed by atoms with E-state index in [-0.39, 0.29) is 11.9 Å². The number of hydrogen-bond donors (Lipinski definition) is 3. The lowest BCUT2D eigenvalue weighted by Gasteiger charge is -1.93. The van der Waals surface area contributed by atoms with Crippen LogP contribution in [0.2, 0.25) is 0 Å². The van der Waals surface area contributed by atoms with Gasteiger partial charge in [-0.05, 0) is 19.1 Å². The third-order valence-electron chi connectivity index (χ3n) is 1.54. The van der Waals surface area contributed by atoms with Gasteiger partial charge in [-0.15, -0.1) is 0 Å². The van der Waals surface area contributed by atoms with Crippen molar-refractivity contribution in [3.63, 3.8) is 0 Å². The first-order valence-corrected chi connectivity index (χ1v) is 4.84. The van der Waals surface area contributed by atoms with Gasteiger partial charge < -0.3 is 21.4 Å². The molecule has 7 nitrogen and oxygen atoms in total. The first-order chi connectivity index (χ1) is 8.58. The Hall–Kier alpha value is -2.70. The molecule has 0 bridgehead atoms. The van der Waals surface area contributed by atoms with E-state index in [1.807, 2.05) is 12.9 Å². The molecule has 0 atom stereocenters. The maximum Gasteiger partial charge on any atom is 0.225 e. The molecule has 1 aromatic heterocycles.